The number of fused-ring (bicyclic) bond motifs is 1. The summed E-state index contributed by atoms with van der Waals surface area (Å²) in [6.07, 6.45) is 4.33. The van der Waals surface area contributed by atoms with E-state index in [1.807, 2.05) is 0 Å². The van der Waals surface area contributed by atoms with Crippen LogP contribution in [-0.2, 0) is 6.42 Å². The number of hydrogen-bond donors (Lipinski definition) is 1. The standard InChI is InChI=1S/C11H10N4S2/c1-2-6-5-7(8(12)16-6)10-15-9-11(17-10)14-4-3-13-9/h3-5H,2,12H2,1H3. The van der Waals surface area contributed by atoms with Gasteiger partial charge in [-0.2, -0.15) is 0 Å². The van der Waals surface area contributed by atoms with Gasteiger partial charge in [0.15, 0.2) is 10.5 Å². The van der Waals surface area contributed by atoms with Crippen LogP contribution < -0.4 is 5.73 Å². The maximum atomic E-state index is 6.02. The van der Waals surface area contributed by atoms with E-state index in [0.717, 1.165) is 26.8 Å². The Labute approximate surface area is 106 Å². The second-order valence-corrected chi connectivity index (χ2v) is 5.69. The molecule has 3 aromatic heterocycles. The molecule has 0 saturated heterocycles. The highest BCUT2D eigenvalue weighted by molar-refractivity contribution is 7.22. The van der Waals surface area contributed by atoms with Crippen molar-refractivity contribution in [3.05, 3.63) is 23.3 Å². The van der Waals surface area contributed by atoms with Gasteiger partial charge >= 0.3 is 0 Å². The first-order valence-corrected chi connectivity index (χ1v) is 6.87. The third-order valence-corrected chi connectivity index (χ3v) is 4.53. The van der Waals surface area contributed by atoms with Crippen molar-refractivity contribution in [2.75, 3.05) is 5.73 Å². The Morgan fingerprint density at radius 1 is 1.24 bits per heavy atom. The number of nitrogens with zero attached hydrogens (tertiary/aromatic N) is 3. The third kappa shape index (κ3) is 1.79. The number of hydrogen-bond acceptors (Lipinski definition) is 6. The fourth-order valence-electron chi connectivity index (χ4n) is 1.59. The summed E-state index contributed by atoms with van der Waals surface area (Å²) < 4.78 is 0. The highest BCUT2D eigenvalue weighted by Gasteiger charge is 2.13. The zero-order valence-corrected chi connectivity index (χ0v) is 10.8. The van der Waals surface area contributed by atoms with Crippen LogP contribution in [-0.4, -0.2) is 15.0 Å². The Morgan fingerprint density at radius 2 is 2.06 bits per heavy atom. The molecule has 4 nitrogen and oxygen atoms in total. The molecule has 0 aliphatic heterocycles. The maximum Gasteiger partial charge on any atom is 0.190 e. The Kier molecular flexibility index (Phi) is 2.53. The molecule has 86 valence electrons. The molecule has 0 bridgehead atoms. The zero-order chi connectivity index (χ0) is 11.8. The van der Waals surface area contributed by atoms with E-state index in [0.29, 0.717) is 5.65 Å². The Hall–Kier alpha value is -1.53. The Bertz CT molecular complexity index is 638. The van der Waals surface area contributed by atoms with Gasteiger partial charge in [0.1, 0.15) is 5.01 Å². The second-order valence-electron chi connectivity index (χ2n) is 3.55. The molecule has 0 spiro atoms. The van der Waals surface area contributed by atoms with Gasteiger partial charge in [0.25, 0.3) is 0 Å². The molecule has 3 rings (SSSR count). The fourth-order valence-corrected chi connectivity index (χ4v) is 3.42. The number of aryl methyl sites for hydroxylation is 1. The molecule has 2 N–H and O–H groups in total. The van der Waals surface area contributed by atoms with Crippen LogP contribution in [0, 0.1) is 0 Å². The van der Waals surface area contributed by atoms with Gasteiger partial charge in [0, 0.05) is 22.8 Å². The molecule has 0 atom stereocenters. The van der Waals surface area contributed by atoms with Crippen molar-refractivity contribution in [2.24, 2.45) is 0 Å². The lowest BCUT2D eigenvalue weighted by atomic mass is 10.3. The average molecular weight is 262 g/mol. The van der Waals surface area contributed by atoms with Crippen LogP contribution in [0.15, 0.2) is 18.5 Å². The molecule has 0 aliphatic carbocycles. The predicted molar refractivity (Wildman–Crippen MR) is 72.3 cm³/mol. The zero-order valence-electron chi connectivity index (χ0n) is 9.17. The summed E-state index contributed by atoms with van der Waals surface area (Å²) in [6, 6.07) is 2.11. The minimum Gasteiger partial charge on any atom is -0.390 e. The van der Waals surface area contributed by atoms with Crippen LogP contribution in [0.4, 0.5) is 5.00 Å². The van der Waals surface area contributed by atoms with Gasteiger partial charge in [-0.05, 0) is 12.5 Å². The molecule has 0 unspecified atom stereocenters. The van der Waals surface area contributed by atoms with Crippen LogP contribution in [0.2, 0.25) is 0 Å². The van der Waals surface area contributed by atoms with Gasteiger partial charge in [-0.3, -0.25) is 0 Å². The van der Waals surface area contributed by atoms with Crippen molar-refractivity contribution in [2.45, 2.75) is 13.3 Å². The van der Waals surface area contributed by atoms with Crippen LogP contribution in [0.25, 0.3) is 21.0 Å². The summed E-state index contributed by atoms with van der Waals surface area (Å²) in [4.78, 5) is 15.0. The Morgan fingerprint density at radius 3 is 2.76 bits per heavy atom. The average Bonchev–Trinajstić information content (AvgIpc) is 2.91. The largest absolute Gasteiger partial charge is 0.390 e. The van der Waals surface area contributed by atoms with Crippen molar-refractivity contribution < 1.29 is 0 Å². The lowest BCUT2D eigenvalue weighted by Gasteiger charge is -1.90. The third-order valence-electron chi connectivity index (χ3n) is 2.44. The summed E-state index contributed by atoms with van der Waals surface area (Å²) in [7, 11) is 0. The number of rotatable bonds is 2. The molecular formula is C11H10N4S2. The van der Waals surface area contributed by atoms with Crippen molar-refractivity contribution >= 4 is 38.2 Å². The van der Waals surface area contributed by atoms with Gasteiger partial charge in [-0.15, -0.1) is 11.3 Å². The molecule has 0 radical (unpaired) electrons. The van der Waals surface area contributed by atoms with E-state index in [1.165, 1.54) is 16.2 Å². The lowest BCUT2D eigenvalue weighted by molar-refractivity contribution is 1.19. The number of aromatic nitrogens is 3. The van der Waals surface area contributed by atoms with Gasteiger partial charge < -0.3 is 5.73 Å². The van der Waals surface area contributed by atoms with Gasteiger partial charge in [-0.1, -0.05) is 18.3 Å². The normalized spacial score (nSPS) is 11.1. The Balaban J connectivity index is 2.16. The molecule has 0 amide bonds. The second kappa shape index (κ2) is 4.05. The molecule has 6 heteroatoms. The summed E-state index contributed by atoms with van der Waals surface area (Å²) >= 11 is 3.15. The minimum absolute atomic E-state index is 0.691. The van der Waals surface area contributed by atoms with Crippen molar-refractivity contribution in [3.8, 4) is 10.6 Å². The van der Waals surface area contributed by atoms with E-state index in [2.05, 4.69) is 27.9 Å². The number of thiophene rings is 1. The van der Waals surface area contributed by atoms with Crippen molar-refractivity contribution in [1.82, 2.24) is 15.0 Å². The van der Waals surface area contributed by atoms with E-state index < -0.39 is 0 Å². The van der Waals surface area contributed by atoms with E-state index in [-0.39, 0.29) is 0 Å². The van der Waals surface area contributed by atoms with E-state index in [1.54, 1.807) is 23.7 Å². The monoisotopic (exact) mass is 262 g/mol. The van der Waals surface area contributed by atoms with E-state index in [9.17, 15) is 0 Å². The number of nitrogen functional groups attached to an aromatic ring is 1. The van der Waals surface area contributed by atoms with Crippen LogP contribution in [0.3, 0.4) is 0 Å². The van der Waals surface area contributed by atoms with Crippen LogP contribution in [0.5, 0.6) is 0 Å². The highest BCUT2D eigenvalue weighted by atomic mass is 32.1. The summed E-state index contributed by atoms with van der Waals surface area (Å²) in [5, 5.41) is 1.72. The predicted octanol–water partition coefficient (Wildman–Crippen LogP) is 2.96. The van der Waals surface area contributed by atoms with E-state index >= 15 is 0 Å². The molecule has 0 saturated carbocycles. The summed E-state index contributed by atoms with van der Waals surface area (Å²) in [5.74, 6) is 0. The number of thiazole rings is 1. The van der Waals surface area contributed by atoms with Gasteiger partial charge in [0.05, 0.1) is 5.00 Å². The quantitative estimate of drug-likeness (QED) is 0.771. The molecule has 3 aromatic rings. The van der Waals surface area contributed by atoms with Crippen molar-refractivity contribution in [1.29, 1.82) is 0 Å². The molecular weight excluding hydrogens is 252 g/mol. The minimum atomic E-state index is 0.691. The van der Waals surface area contributed by atoms with Crippen LogP contribution in [0.1, 0.15) is 11.8 Å². The molecule has 3 heterocycles. The van der Waals surface area contributed by atoms with Gasteiger partial charge in [0.2, 0.25) is 0 Å². The van der Waals surface area contributed by atoms with E-state index in [4.69, 9.17) is 5.73 Å². The maximum absolute atomic E-state index is 6.02. The fraction of sp³-hybridized carbons (Fsp3) is 0.182. The summed E-state index contributed by atoms with van der Waals surface area (Å²) in [6.45, 7) is 2.12. The summed E-state index contributed by atoms with van der Waals surface area (Å²) in [5.41, 5.74) is 7.72. The van der Waals surface area contributed by atoms with Gasteiger partial charge in [-0.25, -0.2) is 15.0 Å². The smallest absolute Gasteiger partial charge is 0.190 e. The number of anilines is 1. The molecule has 0 aliphatic rings. The topological polar surface area (TPSA) is 64.7 Å². The first kappa shape index (κ1) is 10.6. The first-order valence-electron chi connectivity index (χ1n) is 5.24. The first-order chi connectivity index (χ1) is 8.28. The molecule has 0 fully saturated rings. The lowest BCUT2D eigenvalue weighted by Crippen LogP contribution is -1.82. The number of nitrogens with two attached hydrogens (primary N) is 1. The molecule has 0 aromatic carbocycles. The molecule has 17 heavy (non-hydrogen) atoms. The highest BCUT2D eigenvalue weighted by Crippen LogP contribution is 2.37. The van der Waals surface area contributed by atoms with Crippen LogP contribution >= 0.6 is 22.7 Å². The van der Waals surface area contributed by atoms with Crippen molar-refractivity contribution in [3.63, 3.8) is 0 Å². The SMILES string of the molecule is CCc1cc(-c2nc3nccnc3s2)c(N)s1.